The van der Waals surface area contributed by atoms with Crippen molar-refractivity contribution in [2.24, 2.45) is 0 Å². The summed E-state index contributed by atoms with van der Waals surface area (Å²) >= 11 is 0. The summed E-state index contributed by atoms with van der Waals surface area (Å²) in [7, 11) is 0. The Hall–Kier alpha value is -1.09. The number of hydrogen-bond acceptors (Lipinski definition) is 2. The first-order chi connectivity index (χ1) is 7.90. The molecule has 1 aromatic rings. The van der Waals surface area contributed by atoms with Gasteiger partial charge in [0.25, 0.3) is 0 Å². The second-order valence-electron chi connectivity index (χ2n) is 4.38. The summed E-state index contributed by atoms with van der Waals surface area (Å²) in [5.41, 5.74) is 0.729. The molecule has 3 heteroatoms. The van der Waals surface area contributed by atoms with Crippen molar-refractivity contribution in [3.8, 4) is 0 Å². The Morgan fingerprint density at radius 1 is 1.38 bits per heavy atom. The fourth-order valence-corrected chi connectivity index (χ4v) is 2.29. The zero-order chi connectivity index (χ0) is 11.2. The minimum absolute atomic E-state index is 0.448. The molecule has 2 rings (SSSR count). The molecule has 0 radical (unpaired) electrons. The SMILES string of the molecule is O=Cc1cccn1CCOC1CCCCC1. The van der Waals surface area contributed by atoms with E-state index in [-0.39, 0.29) is 0 Å². The van der Waals surface area contributed by atoms with Crippen LogP contribution in [0.1, 0.15) is 42.6 Å². The van der Waals surface area contributed by atoms with Gasteiger partial charge >= 0.3 is 0 Å². The van der Waals surface area contributed by atoms with Gasteiger partial charge in [0.15, 0.2) is 6.29 Å². The number of ether oxygens (including phenoxy) is 1. The van der Waals surface area contributed by atoms with Crippen LogP contribution in [0.5, 0.6) is 0 Å². The molecule has 16 heavy (non-hydrogen) atoms. The molecule has 0 unspecified atom stereocenters. The molecule has 1 fully saturated rings. The third-order valence-corrected chi connectivity index (χ3v) is 3.22. The highest BCUT2D eigenvalue weighted by atomic mass is 16.5. The topological polar surface area (TPSA) is 31.2 Å². The molecule has 1 aliphatic carbocycles. The Labute approximate surface area is 96.4 Å². The molecule has 0 saturated heterocycles. The van der Waals surface area contributed by atoms with Gasteiger partial charge in [-0.25, -0.2) is 0 Å². The Bertz CT molecular complexity index is 326. The highest BCUT2D eigenvalue weighted by Gasteiger charge is 2.13. The smallest absolute Gasteiger partial charge is 0.166 e. The second kappa shape index (κ2) is 5.85. The lowest BCUT2D eigenvalue weighted by Gasteiger charge is -2.22. The van der Waals surface area contributed by atoms with Gasteiger partial charge in [-0.05, 0) is 25.0 Å². The van der Waals surface area contributed by atoms with E-state index < -0.39 is 0 Å². The average molecular weight is 221 g/mol. The van der Waals surface area contributed by atoms with Crippen LogP contribution in [0.25, 0.3) is 0 Å². The standard InChI is InChI=1S/C13H19NO2/c15-11-12-5-4-8-14(12)9-10-16-13-6-2-1-3-7-13/h4-5,8,11,13H,1-3,6-7,9-10H2. The van der Waals surface area contributed by atoms with Gasteiger partial charge in [0.05, 0.1) is 18.4 Å². The van der Waals surface area contributed by atoms with Crippen molar-refractivity contribution in [1.82, 2.24) is 4.57 Å². The zero-order valence-electron chi connectivity index (χ0n) is 9.60. The molecule has 88 valence electrons. The molecule has 0 spiro atoms. The van der Waals surface area contributed by atoms with E-state index in [0.717, 1.165) is 18.5 Å². The predicted molar refractivity (Wildman–Crippen MR) is 62.6 cm³/mol. The number of aldehydes is 1. The van der Waals surface area contributed by atoms with Gasteiger partial charge in [0.1, 0.15) is 0 Å². The number of rotatable bonds is 5. The molecule has 0 atom stereocenters. The maximum Gasteiger partial charge on any atom is 0.166 e. The number of nitrogens with zero attached hydrogens (tertiary/aromatic N) is 1. The predicted octanol–water partition coefficient (Wildman–Crippen LogP) is 2.65. The van der Waals surface area contributed by atoms with Crippen LogP contribution in [0.15, 0.2) is 18.3 Å². The minimum Gasteiger partial charge on any atom is -0.376 e. The van der Waals surface area contributed by atoms with Crippen LogP contribution in [0, 0.1) is 0 Å². The van der Waals surface area contributed by atoms with E-state index in [1.54, 1.807) is 0 Å². The summed E-state index contributed by atoms with van der Waals surface area (Å²) in [6, 6.07) is 3.72. The van der Waals surface area contributed by atoms with Crippen molar-refractivity contribution in [2.75, 3.05) is 6.61 Å². The summed E-state index contributed by atoms with van der Waals surface area (Å²) < 4.78 is 7.76. The largest absolute Gasteiger partial charge is 0.376 e. The molecule has 0 N–H and O–H groups in total. The average Bonchev–Trinajstić information content (AvgIpc) is 2.78. The summed E-state index contributed by atoms with van der Waals surface area (Å²) in [6.07, 6.45) is 9.62. The van der Waals surface area contributed by atoms with Crippen LogP contribution in [0.4, 0.5) is 0 Å². The molecular formula is C13H19NO2. The van der Waals surface area contributed by atoms with Crippen LogP contribution < -0.4 is 0 Å². The summed E-state index contributed by atoms with van der Waals surface area (Å²) in [5.74, 6) is 0. The molecule has 0 aliphatic heterocycles. The normalized spacial score (nSPS) is 17.5. The van der Waals surface area contributed by atoms with Gasteiger partial charge in [-0.15, -0.1) is 0 Å². The Balaban J connectivity index is 1.73. The lowest BCUT2D eigenvalue weighted by molar-refractivity contribution is 0.0240. The monoisotopic (exact) mass is 221 g/mol. The van der Waals surface area contributed by atoms with Gasteiger partial charge in [-0.1, -0.05) is 19.3 Å². The number of aromatic nitrogens is 1. The van der Waals surface area contributed by atoms with Gasteiger partial charge in [-0.3, -0.25) is 4.79 Å². The van der Waals surface area contributed by atoms with Gasteiger partial charge < -0.3 is 9.30 Å². The lowest BCUT2D eigenvalue weighted by atomic mass is 9.98. The van der Waals surface area contributed by atoms with Crippen molar-refractivity contribution >= 4 is 6.29 Å². The molecule has 1 heterocycles. The van der Waals surface area contributed by atoms with Gasteiger partial charge in [0, 0.05) is 12.7 Å². The Morgan fingerprint density at radius 3 is 2.94 bits per heavy atom. The third kappa shape index (κ3) is 2.95. The van der Waals surface area contributed by atoms with Gasteiger partial charge in [0.2, 0.25) is 0 Å². The Morgan fingerprint density at radius 2 is 2.19 bits per heavy atom. The lowest BCUT2D eigenvalue weighted by Crippen LogP contribution is -2.19. The zero-order valence-corrected chi connectivity index (χ0v) is 9.60. The number of carbonyl (C=O) groups excluding carboxylic acids is 1. The molecule has 3 nitrogen and oxygen atoms in total. The van der Waals surface area contributed by atoms with Crippen LogP contribution in [-0.4, -0.2) is 23.6 Å². The van der Waals surface area contributed by atoms with E-state index in [9.17, 15) is 4.79 Å². The van der Waals surface area contributed by atoms with Crippen LogP contribution in [-0.2, 0) is 11.3 Å². The molecule has 0 bridgehead atoms. The van der Waals surface area contributed by atoms with Gasteiger partial charge in [-0.2, -0.15) is 0 Å². The van der Waals surface area contributed by atoms with Crippen molar-refractivity contribution in [1.29, 1.82) is 0 Å². The first-order valence-corrected chi connectivity index (χ1v) is 6.12. The van der Waals surface area contributed by atoms with Crippen molar-refractivity contribution in [2.45, 2.75) is 44.8 Å². The number of hydrogen-bond donors (Lipinski definition) is 0. The molecule has 1 saturated carbocycles. The summed E-state index contributed by atoms with van der Waals surface area (Å²) in [6.45, 7) is 1.48. The second-order valence-corrected chi connectivity index (χ2v) is 4.38. The van der Waals surface area contributed by atoms with E-state index in [1.165, 1.54) is 32.1 Å². The van der Waals surface area contributed by atoms with Crippen LogP contribution >= 0.6 is 0 Å². The van der Waals surface area contributed by atoms with Crippen molar-refractivity contribution < 1.29 is 9.53 Å². The van der Waals surface area contributed by atoms with E-state index in [1.807, 2.05) is 22.9 Å². The maximum absolute atomic E-state index is 10.7. The quantitative estimate of drug-likeness (QED) is 0.716. The van der Waals surface area contributed by atoms with E-state index in [0.29, 0.717) is 12.7 Å². The van der Waals surface area contributed by atoms with E-state index in [2.05, 4.69) is 0 Å². The minimum atomic E-state index is 0.448. The van der Waals surface area contributed by atoms with Crippen LogP contribution in [0.2, 0.25) is 0 Å². The molecular weight excluding hydrogens is 202 g/mol. The van der Waals surface area contributed by atoms with Crippen LogP contribution in [0.3, 0.4) is 0 Å². The maximum atomic E-state index is 10.7. The molecule has 0 amide bonds. The highest BCUT2D eigenvalue weighted by Crippen LogP contribution is 2.20. The number of carbonyl (C=O) groups is 1. The fraction of sp³-hybridized carbons (Fsp3) is 0.615. The molecule has 1 aromatic heterocycles. The summed E-state index contributed by atoms with van der Waals surface area (Å²) in [5, 5.41) is 0. The molecule has 0 aromatic carbocycles. The Kier molecular flexibility index (Phi) is 4.17. The first-order valence-electron chi connectivity index (χ1n) is 6.12. The first kappa shape index (κ1) is 11.4. The van der Waals surface area contributed by atoms with Crippen molar-refractivity contribution in [3.05, 3.63) is 24.0 Å². The summed E-state index contributed by atoms with van der Waals surface area (Å²) in [4.78, 5) is 10.7. The van der Waals surface area contributed by atoms with E-state index in [4.69, 9.17) is 4.74 Å². The highest BCUT2D eigenvalue weighted by molar-refractivity contribution is 5.72. The molecule has 1 aliphatic rings. The fourth-order valence-electron chi connectivity index (χ4n) is 2.29. The third-order valence-electron chi connectivity index (χ3n) is 3.22. The van der Waals surface area contributed by atoms with Crippen molar-refractivity contribution in [3.63, 3.8) is 0 Å². The van der Waals surface area contributed by atoms with E-state index >= 15 is 0 Å².